The molecule has 4 rings (SSSR count). The molecule has 0 saturated carbocycles. The maximum Gasteiger partial charge on any atom is 0.320 e. The van der Waals surface area contributed by atoms with Crippen molar-refractivity contribution >= 4 is 23.5 Å². The molecule has 0 aliphatic carbocycles. The van der Waals surface area contributed by atoms with E-state index in [-0.39, 0.29) is 13.2 Å². The van der Waals surface area contributed by atoms with E-state index in [1.54, 1.807) is 44.0 Å². The third-order valence-corrected chi connectivity index (χ3v) is 8.34. The fraction of sp³-hybridized carbons (Fsp3) is 0.371. The number of carboxylic acid groups (broad SMARTS) is 2. The van der Waals surface area contributed by atoms with Gasteiger partial charge in [-0.05, 0) is 67.6 Å². The van der Waals surface area contributed by atoms with Gasteiger partial charge in [0.05, 0.1) is 24.4 Å². The van der Waals surface area contributed by atoms with E-state index in [1.807, 2.05) is 31.2 Å². The van der Waals surface area contributed by atoms with Gasteiger partial charge >= 0.3 is 11.9 Å². The molecular formula is C35H42ClN5O7. The minimum Gasteiger partial charge on any atom is -0.496 e. The molecule has 0 spiro atoms. The molecule has 4 N–H and O–H groups in total. The van der Waals surface area contributed by atoms with E-state index in [2.05, 4.69) is 40.0 Å². The molecule has 0 bridgehead atoms. The van der Waals surface area contributed by atoms with E-state index < -0.39 is 24.0 Å². The van der Waals surface area contributed by atoms with Gasteiger partial charge in [-0.25, -0.2) is 0 Å². The Hall–Kier alpha value is -4.65. The summed E-state index contributed by atoms with van der Waals surface area (Å²) in [6.45, 7) is 9.24. The van der Waals surface area contributed by atoms with E-state index in [0.29, 0.717) is 48.3 Å². The van der Waals surface area contributed by atoms with Crippen molar-refractivity contribution in [3.05, 3.63) is 87.7 Å². The van der Waals surface area contributed by atoms with Crippen molar-refractivity contribution in [2.45, 2.75) is 72.4 Å². The number of hydrogen-bond donors (Lipinski definition) is 4. The smallest absolute Gasteiger partial charge is 0.320 e. The zero-order chi connectivity index (χ0) is 34.8. The second-order valence-corrected chi connectivity index (χ2v) is 11.9. The fourth-order valence-electron chi connectivity index (χ4n) is 5.00. The molecule has 0 amide bonds. The molecule has 1 heterocycles. The van der Waals surface area contributed by atoms with Crippen LogP contribution in [0.4, 0.5) is 0 Å². The first-order valence-corrected chi connectivity index (χ1v) is 16.0. The zero-order valence-corrected chi connectivity index (χ0v) is 28.5. The van der Waals surface area contributed by atoms with Gasteiger partial charge in [-0.1, -0.05) is 47.1 Å². The largest absolute Gasteiger partial charge is 0.496 e. The highest BCUT2D eigenvalue weighted by atomic mass is 35.5. The van der Waals surface area contributed by atoms with Crippen LogP contribution >= 0.6 is 11.6 Å². The van der Waals surface area contributed by atoms with Gasteiger partial charge in [-0.15, -0.1) is 5.10 Å². The number of carbonyl (C=O) groups is 2. The van der Waals surface area contributed by atoms with E-state index in [1.165, 1.54) is 0 Å². The molecule has 0 fully saturated rings. The number of halogens is 1. The lowest BCUT2D eigenvalue weighted by molar-refractivity contribution is -0.140. The van der Waals surface area contributed by atoms with Gasteiger partial charge in [0.25, 0.3) is 0 Å². The molecule has 3 aromatic carbocycles. The van der Waals surface area contributed by atoms with Crippen molar-refractivity contribution in [1.29, 1.82) is 0 Å². The molecule has 0 radical (unpaired) electrons. The maximum atomic E-state index is 11.2. The monoisotopic (exact) mass is 679 g/mol. The van der Waals surface area contributed by atoms with Crippen molar-refractivity contribution in [2.75, 3.05) is 13.7 Å². The minimum absolute atomic E-state index is 0.275. The number of methoxy groups -OCH3 is 1. The molecule has 2 atom stereocenters. The topological polar surface area (TPSA) is 157 Å². The lowest BCUT2D eigenvalue weighted by Crippen LogP contribution is -2.33. The van der Waals surface area contributed by atoms with E-state index >= 15 is 0 Å². The average molecular weight is 680 g/mol. The van der Waals surface area contributed by atoms with Crippen LogP contribution in [0.1, 0.15) is 48.2 Å². The van der Waals surface area contributed by atoms with Gasteiger partial charge in [0.15, 0.2) is 0 Å². The van der Waals surface area contributed by atoms with Crippen molar-refractivity contribution in [1.82, 2.24) is 25.6 Å². The van der Waals surface area contributed by atoms with Crippen LogP contribution in [-0.2, 0) is 35.8 Å². The Bertz CT molecular complexity index is 1730. The number of aliphatic carboxylic acids is 2. The van der Waals surface area contributed by atoms with Gasteiger partial charge < -0.3 is 29.7 Å². The number of nitrogens with zero attached hydrogens (tertiary/aromatic N) is 3. The van der Waals surface area contributed by atoms with Gasteiger partial charge in [-0.2, -0.15) is 0 Å². The van der Waals surface area contributed by atoms with Gasteiger partial charge in [0.2, 0.25) is 0 Å². The Morgan fingerprint density at radius 1 is 0.875 bits per heavy atom. The molecule has 1 unspecified atom stereocenters. The average Bonchev–Trinajstić information content (AvgIpc) is 3.52. The molecule has 0 saturated heterocycles. The first-order valence-electron chi connectivity index (χ1n) is 15.6. The van der Waals surface area contributed by atoms with Crippen LogP contribution in [0, 0.1) is 13.8 Å². The number of ether oxygens (including phenoxy) is 3. The highest BCUT2D eigenvalue weighted by Gasteiger charge is 2.16. The standard InChI is InChI=1S/C35H42ClN5O7/c1-21-25(20-48-33-16-32(46-5)26(15-30(33)36)17-37-23(3)34(42)43)9-6-10-28(21)29-11-7-12-31(22(29)2)47-14-8-13-41-19-27(39-40-41)18-38-24(4)35(44)45/h6-7,9-12,15-16,19,23-24,37-38H,8,13-14,17-18,20H2,1-5H3,(H,42,43)(H,44,45)/t23-,24?/m0/s1. The van der Waals surface area contributed by atoms with Gasteiger partial charge in [0, 0.05) is 43.9 Å². The highest BCUT2D eigenvalue weighted by molar-refractivity contribution is 6.32. The molecule has 0 aliphatic rings. The van der Waals surface area contributed by atoms with Crippen molar-refractivity contribution in [2.24, 2.45) is 0 Å². The molecule has 4 aromatic rings. The van der Waals surface area contributed by atoms with E-state index in [9.17, 15) is 9.59 Å². The Labute approximate surface area is 285 Å². The number of aryl methyl sites for hydroxylation is 1. The second-order valence-electron chi connectivity index (χ2n) is 11.5. The Balaban J connectivity index is 1.37. The summed E-state index contributed by atoms with van der Waals surface area (Å²) in [5, 5.41) is 32.6. The van der Waals surface area contributed by atoms with Crippen molar-refractivity contribution < 1.29 is 34.0 Å². The summed E-state index contributed by atoms with van der Waals surface area (Å²) in [6.07, 6.45) is 2.51. The van der Waals surface area contributed by atoms with Crippen LogP contribution in [0.15, 0.2) is 54.7 Å². The summed E-state index contributed by atoms with van der Waals surface area (Å²) in [5.41, 5.74) is 6.61. The number of aromatic nitrogens is 3. The van der Waals surface area contributed by atoms with Crippen molar-refractivity contribution in [3.8, 4) is 28.4 Å². The Kier molecular flexibility index (Phi) is 12.8. The fourth-order valence-corrected chi connectivity index (χ4v) is 5.24. The number of rotatable bonds is 18. The third kappa shape index (κ3) is 9.46. The third-order valence-electron chi connectivity index (χ3n) is 8.04. The van der Waals surface area contributed by atoms with Gasteiger partial charge in [0.1, 0.15) is 35.9 Å². The molecule has 1 aromatic heterocycles. The van der Waals surface area contributed by atoms with Crippen LogP contribution in [-0.4, -0.2) is 62.9 Å². The van der Waals surface area contributed by atoms with Crippen LogP contribution in [0.2, 0.25) is 5.02 Å². The van der Waals surface area contributed by atoms with Crippen LogP contribution in [0.25, 0.3) is 11.1 Å². The minimum atomic E-state index is -0.942. The molecule has 256 valence electrons. The SMILES string of the molecule is COc1cc(OCc2cccc(-c3cccc(OCCCn4cc(CNC(C)C(=O)O)nn4)c3C)c2C)c(Cl)cc1CN[C@@H](C)C(=O)O. The highest BCUT2D eigenvalue weighted by Crippen LogP contribution is 2.36. The van der Waals surface area contributed by atoms with E-state index in [0.717, 1.165) is 39.1 Å². The number of benzene rings is 3. The Morgan fingerprint density at radius 2 is 1.54 bits per heavy atom. The zero-order valence-electron chi connectivity index (χ0n) is 27.7. The second kappa shape index (κ2) is 17.0. The first-order chi connectivity index (χ1) is 23.0. The maximum absolute atomic E-state index is 11.2. The summed E-state index contributed by atoms with van der Waals surface area (Å²) < 4.78 is 19.6. The van der Waals surface area contributed by atoms with Crippen molar-refractivity contribution in [3.63, 3.8) is 0 Å². The summed E-state index contributed by atoms with van der Waals surface area (Å²) in [4.78, 5) is 22.2. The summed E-state index contributed by atoms with van der Waals surface area (Å²) in [5.74, 6) is -0.0506. The van der Waals surface area contributed by atoms with E-state index in [4.69, 9.17) is 36.0 Å². The lowest BCUT2D eigenvalue weighted by Gasteiger charge is -2.18. The quantitative estimate of drug-likeness (QED) is 0.0999. The molecule has 48 heavy (non-hydrogen) atoms. The molecule has 12 nitrogen and oxygen atoms in total. The number of hydrogen-bond acceptors (Lipinski definition) is 9. The van der Waals surface area contributed by atoms with Crippen LogP contribution in [0.5, 0.6) is 17.2 Å². The Morgan fingerprint density at radius 3 is 2.23 bits per heavy atom. The predicted octanol–water partition coefficient (Wildman–Crippen LogP) is 5.40. The van der Waals surface area contributed by atoms with Crippen LogP contribution in [0.3, 0.4) is 0 Å². The first kappa shape index (κ1) is 36.2. The predicted molar refractivity (Wildman–Crippen MR) is 182 cm³/mol. The molecule has 0 aliphatic heterocycles. The number of nitrogens with one attached hydrogen (secondary N) is 2. The van der Waals surface area contributed by atoms with Gasteiger partial charge in [-0.3, -0.25) is 19.6 Å². The normalized spacial score (nSPS) is 12.4. The summed E-state index contributed by atoms with van der Waals surface area (Å²) in [7, 11) is 1.55. The van der Waals surface area contributed by atoms with Crippen LogP contribution < -0.4 is 24.8 Å². The number of carboxylic acids is 2. The molecule has 13 heteroatoms. The lowest BCUT2D eigenvalue weighted by atomic mass is 9.93. The summed E-state index contributed by atoms with van der Waals surface area (Å²) in [6, 6.07) is 14.2. The molecular weight excluding hydrogens is 638 g/mol. The summed E-state index contributed by atoms with van der Waals surface area (Å²) >= 11 is 6.56.